The van der Waals surface area contributed by atoms with Crippen molar-refractivity contribution in [1.29, 1.82) is 0 Å². The highest BCUT2D eigenvalue weighted by atomic mass is 35.5. The monoisotopic (exact) mass is 707 g/mol. The summed E-state index contributed by atoms with van der Waals surface area (Å²) in [5.41, 5.74) is 3.29. The van der Waals surface area contributed by atoms with Crippen molar-refractivity contribution in [3.63, 3.8) is 0 Å². The van der Waals surface area contributed by atoms with Crippen molar-refractivity contribution < 1.29 is 24.2 Å². The molecule has 7 heteroatoms. The molecule has 0 bridgehead atoms. The van der Waals surface area contributed by atoms with E-state index in [1.165, 1.54) is 36.8 Å². The molecule has 0 saturated heterocycles. The van der Waals surface area contributed by atoms with Gasteiger partial charge in [-0.2, -0.15) is 0 Å². The lowest BCUT2D eigenvalue weighted by Gasteiger charge is -2.66. The van der Waals surface area contributed by atoms with Gasteiger partial charge >= 0.3 is 11.9 Å². The van der Waals surface area contributed by atoms with Crippen LogP contribution in [-0.4, -0.2) is 46.9 Å². The van der Waals surface area contributed by atoms with Crippen molar-refractivity contribution in [3.05, 3.63) is 46.0 Å². The topological polar surface area (TPSA) is 83.9 Å². The summed E-state index contributed by atoms with van der Waals surface area (Å²) in [5, 5.41) is 10.3. The minimum atomic E-state index is -1.12. The minimum Gasteiger partial charge on any atom is -0.481 e. The van der Waals surface area contributed by atoms with Crippen LogP contribution in [0.4, 0.5) is 0 Å². The number of rotatable bonds is 11. The number of aliphatic carboxylic acids is 1. The fraction of sp³-hybridized carbons (Fsp3) is 0.744. The predicted molar refractivity (Wildman–Crippen MR) is 199 cm³/mol. The zero-order valence-corrected chi connectivity index (χ0v) is 32.5. The molecule has 8 atom stereocenters. The average Bonchev–Trinajstić information content (AvgIpc) is 3.35. The van der Waals surface area contributed by atoms with E-state index < -0.39 is 11.4 Å². The number of carbonyl (C=O) groups excluding carboxylic acids is 2. The number of halogens is 1. The van der Waals surface area contributed by atoms with Gasteiger partial charge in [-0.3, -0.25) is 19.3 Å². The standard InChI is InChI=1S/C43H62ClNO5/c1-8-45(26-28-10-9-11-30(44)22-28)21-20-43-19-16-33-32(38(43)37(27(2)3)34(46)24-43)12-13-35-41(6)18-15-31(23-29(41)14-17-42(33,35)7)50-36(47)25-40(4,5)39(48)49/h9-11,22,27,29,31-33,35H,8,12-21,23-26H2,1-7H3,(H,48,49). The van der Waals surface area contributed by atoms with Crippen molar-refractivity contribution in [1.82, 2.24) is 4.90 Å². The highest BCUT2D eigenvalue weighted by Crippen LogP contribution is 2.71. The molecule has 6 nitrogen and oxygen atoms in total. The molecular formula is C43H62ClNO5. The predicted octanol–water partition coefficient (Wildman–Crippen LogP) is 9.92. The molecule has 0 spiro atoms. The fourth-order valence-electron chi connectivity index (χ4n) is 12.2. The van der Waals surface area contributed by atoms with Crippen molar-refractivity contribution in [2.24, 2.45) is 51.2 Å². The molecule has 4 fully saturated rings. The molecule has 6 rings (SSSR count). The lowest BCUT2D eigenvalue weighted by molar-refractivity contribution is -0.178. The number of esters is 1. The minimum absolute atomic E-state index is 0.0128. The molecule has 0 radical (unpaired) electrons. The molecule has 5 aliphatic carbocycles. The van der Waals surface area contributed by atoms with Crippen LogP contribution in [0.2, 0.25) is 5.02 Å². The summed E-state index contributed by atoms with van der Waals surface area (Å²) in [4.78, 5) is 40.9. The van der Waals surface area contributed by atoms with Crippen molar-refractivity contribution >= 4 is 29.3 Å². The smallest absolute Gasteiger partial charge is 0.309 e. The molecule has 0 aliphatic heterocycles. The number of fused-ring (bicyclic) bond motifs is 7. The largest absolute Gasteiger partial charge is 0.481 e. The van der Waals surface area contributed by atoms with E-state index in [0.717, 1.165) is 63.2 Å². The highest BCUT2D eigenvalue weighted by Gasteiger charge is 2.64. The van der Waals surface area contributed by atoms with Crippen LogP contribution in [0, 0.1) is 51.2 Å². The number of allylic oxidation sites excluding steroid dienone is 2. The molecular weight excluding hydrogens is 646 g/mol. The Balaban J connectivity index is 1.19. The Labute approximate surface area is 306 Å². The van der Waals surface area contributed by atoms with Gasteiger partial charge in [-0.25, -0.2) is 0 Å². The summed E-state index contributed by atoms with van der Waals surface area (Å²) < 4.78 is 5.96. The first-order valence-corrected chi connectivity index (χ1v) is 20.1. The molecule has 8 unspecified atom stereocenters. The molecule has 5 aliphatic rings. The number of carboxylic acids is 1. The van der Waals surface area contributed by atoms with Gasteiger partial charge in [0.15, 0.2) is 5.78 Å². The number of ether oxygens (including phenoxy) is 1. The number of hydrogen-bond donors (Lipinski definition) is 1. The number of ketones is 1. The van der Waals surface area contributed by atoms with Gasteiger partial charge < -0.3 is 9.84 Å². The van der Waals surface area contributed by atoms with Gasteiger partial charge in [-0.15, -0.1) is 0 Å². The van der Waals surface area contributed by atoms with Gasteiger partial charge in [0.1, 0.15) is 6.10 Å². The van der Waals surface area contributed by atoms with Crippen LogP contribution in [0.1, 0.15) is 131 Å². The summed E-state index contributed by atoms with van der Waals surface area (Å²) in [6.07, 6.45) is 11.4. The Kier molecular flexibility index (Phi) is 10.5. The third-order valence-corrected chi connectivity index (χ3v) is 15.1. The molecule has 0 aromatic heterocycles. The van der Waals surface area contributed by atoms with E-state index in [9.17, 15) is 19.5 Å². The van der Waals surface area contributed by atoms with E-state index in [1.807, 2.05) is 12.1 Å². The second-order valence-electron chi connectivity index (χ2n) is 18.5. The van der Waals surface area contributed by atoms with Crippen LogP contribution in [0.25, 0.3) is 0 Å². The van der Waals surface area contributed by atoms with Gasteiger partial charge in [-0.05, 0) is 155 Å². The van der Waals surface area contributed by atoms with E-state index in [4.69, 9.17) is 16.3 Å². The van der Waals surface area contributed by atoms with Crippen LogP contribution in [-0.2, 0) is 25.7 Å². The fourth-order valence-corrected chi connectivity index (χ4v) is 12.4. The van der Waals surface area contributed by atoms with Crippen molar-refractivity contribution in [2.75, 3.05) is 13.1 Å². The zero-order chi connectivity index (χ0) is 36.2. The van der Waals surface area contributed by atoms with Crippen LogP contribution in [0.3, 0.4) is 0 Å². The van der Waals surface area contributed by atoms with Crippen LogP contribution < -0.4 is 0 Å². The maximum atomic E-state index is 14.0. The lowest BCUT2D eigenvalue weighted by atomic mass is 9.39. The van der Waals surface area contributed by atoms with Crippen LogP contribution in [0.15, 0.2) is 35.4 Å². The quantitative estimate of drug-likeness (QED) is 0.231. The summed E-state index contributed by atoms with van der Waals surface area (Å²) >= 11 is 6.33. The molecule has 50 heavy (non-hydrogen) atoms. The number of nitrogens with zero attached hydrogens (tertiary/aromatic N) is 1. The van der Waals surface area contributed by atoms with Gasteiger partial charge in [0.25, 0.3) is 0 Å². The molecule has 4 saturated carbocycles. The highest BCUT2D eigenvalue weighted by molar-refractivity contribution is 6.30. The molecule has 1 aromatic rings. The van der Waals surface area contributed by atoms with Crippen molar-refractivity contribution in [3.8, 4) is 0 Å². The van der Waals surface area contributed by atoms with Crippen molar-refractivity contribution in [2.45, 2.75) is 138 Å². The van der Waals surface area contributed by atoms with Gasteiger partial charge in [0.05, 0.1) is 11.8 Å². The summed E-state index contributed by atoms with van der Waals surface area (Å²) in [6, 6.07) is 8.21. The number of benzene rings is 1. The maximum absolute atomic E-state index is 14.0. The first kappa shape index (κ1) is 37.6. The van der Waals surface area contributed by atoms with Gasteiger partial charge in [0, 0.05) is 23.4 Å². The molecule has 0 amide bonds. The Morgan fingerprint density at radius 1 is 1.06 bits per heavy atom. The molecule has 1 N–H and O–H groups in total. The van der Waals surface area contributed by atoms with E-state index in [2.05, 4.69) is 51.7 Å². The Morgan fingerprint density at radius 2 is 1.80 bits per heavy atom. The Hall–Kier alpha value is -2.18. The number of hydrogen-bond acceptors (Lipinski definition) is 5. The number of carbonyl (C=O) groups is 3. The van der Waals surface area contributed by atoms with Gasteiger partial charge in [-0.1, -0.05) is 63.9 Å². The van der Waals surface area contributed by atoms with E-state index in [1.54, 1.807) is 19.4 Å². The zero-order valence-electron chi connectivity index (χ0n) is 31.8. The first-order valence-electron chi connectivity index (χ1n) is 19.7. The summed E-state index contributed by atoms with van der Waals surface area (Å²) in [7, 11) is 0. The second kappa shape index (κ2) is 14.0. The van der Waals surface area contributed by atoms with E-state index in [-0.39, 0.29) is 40.7 Å². The average molecular weight is 708 g/mol. The number of Topliss-reactive ketones (excluding diaryl/α,β-unsaturated/α-hetero) is 1. The second-order valence-corrected chi connectivity index (χ2v) is 18.9. The molecule has 1 aromatic carbocycles. The van der Waals surface area contributed by atoms with E-state index >= 15 is 0 Å². The normalized spacial score (nSPS) is 35.4. The third kappa shape index (κ3) is 6.74. The number of carboxylic acid groups (broad SMARTS) is 1. The van der Waals surface area contributed by atoms with Crippen LogP contribution >= 0.6 is 11.6 Å². The molecule has 0 heterocycles. The lowest BCUT2D eigenvalue weighted by Crippen LogP contribution is -2.59. The summed E-state index contributed by atoms with van der Waals surface area (Å²) in [6.45, 7) is 17.9. The van der Waals surface area contributed by atoms with Crippen LogP contribution in [0.5, 0.6) is 0 Å². The molecule has 276 valence electrons. The Morgan fingerprint density at radius 3 is 2.48 bits per heavy atom. The van der Waals surface area contributed by atoms with Gasteiger partial charge in [0.2, 0.25) is 0 Å². The van der Waals surface area contributed by atoms with E-state index in [0.29, 0.717) is 35.9 Å². The SMILES string of the molecule is CCN(CCC12CCC3C(CCC4C5(C)CCC(OC(=O)CC(C)(C)C(=O)O)CC5CCC34C)C1=C(C(C)C)C(=O)C2)Cc1cccc(Cl)c1. The summed E-state index contributed by atoms with van der Waals surface area (Å²) in [5.74, 6) is 1.54. The Bertz CT molecular complexity index is 1520. The third-order valence-electron chi connectivity index (χ3n) is 14.9. The first-order chi connectivity index (χ1) is 23.5. The maximum Gasteiger partial charge on any atom is 0.309 e.